The number of aromatic nitrogens is 1. The second-order valence-electron chi connectivity index (χ2n) is 4.94. The molecule has 0 saturated carbocycles. The zero-order valence-corrected chi connectivity index (χ0v) is 25.3. The summed E-state index contributed by atoms with van der Waals surface area (Å²) in [6.07, 6.45) is 0. The fourth-order valence-electron chi connectivity index (χ4n) is 1.62. The SMILES string of the molecule is CCOP(=S)(OCC)Oc1nc(Cl)c(Cl)cc1Cl.CCOP(=S)(OCC)SCSCC. The van der Waals surface area contributed by atoms with E-state index in [0.29, 0.717) is 26.4 Å². The van der Waals surface area contributed by atoms with Gasteiger partial charge in [0, 0.05) is 16.9 Å². The van der Waals surface area contributed by atoms with E-state index >= 15 is 0 Å². The molecule has 0 bridgehead atoms. The average Bonchev–Trinajstić information content (AvgIpc) is 2.67. The second kappa shape index (κ2) is 18.0. The molecule has 1 aromatic rings. The highest BCUT2D eigenvalue weighted by Gasteiger charge is 2.24. The summed E-state index contributed by atoms with van der Waals surface area (Å²) in [7, 11) is 0. The number of rotatable bonds is 14. The molecule has 0 N–H and O–H groups in total. The lowest BCUT2D eigenvalue weighted by Gasteiger charge is -2.20. The summed E-state index contributed by atoms with van der Waals surface area (Å²) in [4.78, 5) is 3.90. The third-order valence-electron chi connectivity index (χ3n) is 2.70. The van der Waals surface area contributed by atoms with Crippen molar-refractivity contribution in [3.05, 3.63) is 21.3 Å². The van der Waals surface area contributed by atoms with Crippen molar-refractivity contribution >= 4 is 94.0 Å². The van der Waals surface area contributed by atoms with E-state index in [1.165, 1.54) is 6.07 Å². The van der Waals surface area contributed by atoms with Gasteiger partial charge in [-0.05, 0) is 51.3 Å². The van der Waals surface area contributed by atoms with Gasteiger partial charge in [-0.1, -0.05) is 53.1 Å². The van der Waals surface area contributed by atoms with Gasteiger partial charge in [0.15, 0.2) is 5.15 Å². The molecule has 31 heavy (non-hydrogen) atoms. The molecule has 182 valence electrons. The Hall–Kier alpha value is 1.66. The van der Waals surface area contributed by atoms with Crippen LogP contribution in [-0.4, -0.2) is 42.2 Å². The van der Waals surface area contributed by atoms with Crippen LogP contribution in [0.1, 0.15) is 34.6 Å². The van der Waals surface area contributed by atoms with Gasteiger partial charge in [0.25, 0.3) is 0 Å². The van der Waals surface area contributed by atoms with Crippen molar-refractivity contribution in [3.8, 4) is 5.88 Å². The molecular weight excluding hydrogens is 583 g/mol. The predicted molar refractivity (Wildman–Crippen MR) is 146 cm³/mol. The number of hydrogen-bond donors (Lipinski definition) is 0. The van der Waals surface area contributed by atoms with Gasteiger partial charge in [-0.2, -0.15) is 16.7 Å². The summed E-state index contributed by atoms with van der Waals surface area (Å²) in [5.41, 5.74) is -2.02. The van der Waals surface area contributed by atoms with Crippen molar-refractivity contribution in [3.63, 3.8) is 0 Å². The molecule has 1 aromatic heterocycles. The third kappa shape index (κ3) is 14.0. The summed E-state index contributed by atoms with van der Waals surface area (Å²) in [5, 5.41) is 1.46. The Balaban J connectivity index is 0.000000615. The van der Waals surface area contributed by atoms with Crippen molar-refractivity contribution in [2.45, 2.75) is 34.6 Å². The normalized spacial score (nSPS) is 11.7. The maximum Gasteiger partial charge on any atom is 0.381 e. The van der Waals surface area contributed by atoms with E-state index in [1.54, 1.807) is 25.2 Å². The Morgan fingerprint density at radius 1 is 0.871 bits per heavy atom. The summed E-state index contributed by atoms with van der Waals surface area (Å²) in [5.74, 6) is 1.16. The first-order valence-electron chi connectivity index (χ1n) is 9.31. The second-order valence-corrected chi connectivity index (χ2v) is 17.0. The molecular formula is C16H28Cl3NO5P2S4. The molecule has 0 spiro atoms. The van der Waals surface area contributed by atoms with Crippen molar-refractivity contribution in [1.82, 2.24) is 4.98 Å². The van der Waals surface area contributed by atoms with E-state index in [9.17, 15) is 0 Å². The lowest BCUT2D eigenvalue weighted by atomic mass is 10.5. The van der Waals surface area contributed by atoms with Crippen LogP contribution in [-0.2, 0) is 41.7 Å². The van der Waals surface area contributed by atoms with Crippen LogP contribution in [0.2, 0.25) is 15.2 Å². The minimum atomic E-state index is -2.92. The smallest absolute Gasteiger partial charge is 0.381 e. The molecule has 6 nitrogen and oxygen atoms in total. The lowest BCUT2D eigenvalue weighted by molar-refractivity contribution is 0.216. The minimum Gasteiger partial charge on any atom is -0.404 e. The Kier molecular flexibility index (Phi) is 19.0. The van der Waals surface area contributed by atoms with Gasteiger partial charge in [0.2, 0.25) is 11.6 Å². The summed E-state index contributed by atoms with van der Waals surface area (Å²) in [6.45, 7) is 8.69. The molecule has 0 amide bonds. The molecule has 0 atom stereocenters. The Morgan fingerprint density at radius 3 is 1.84 bits per heavy atom. The molecule has 0 unspecified atom stereocenters. The van der Waals surface area contributed by atoms with Crippen molar-refractivity contribution in [1.29, 1.82) is 0 Å². The Labute approximate surface area is 219 Å². The van der Waals surface area contributed by atoms with E-state index in [0.717, 1.165) is 10.8 Å². The van der Waals surface area contributed by atoms with E-state index < -0.39 is 12.4 Å². The molecule has 0 aliphatic heterocycles. The number of pyridine rings is 1. The highest BCUT2D eigenvalue weighted by molar-refractivity contribution is 8.69. The van der Waals surface area contributed by atoms with Crippen LogP contribution >= 0.6 is 70.4 Å². The average molecular weight is 611 g/mol. The maximum atomic E-state index is 5.94. The van der Waals surface area contributed by atoms with E-state index in [-0.39, 0.29) is 21.1 Å². The van der Waals surface area contributed by atoms with Crippen LogP contribution < -0.4 is 4.52 Å². The zero-order chi connectivity index (χ0) is 23.9. The van der Waals surface area contributed by atoms with Gasteiger partial charge in [0.1, 0.15) is 5.02 Å². The summed E-state index contributed by atoms with van der Waals surface area (Å²) in [6, 6.07) is 1.42. The molecule has 0 fully saturated rings. The molecule has 0 radical (unpaired) electrons. The highest BCUT2D eigenvalue weighted by Crippen LogP contribution is 2.61. The lowest BCUT2D eigenvalue weighted by Crippen LogP contribution is -2.03. The first-order valence-corrected chi connectivity index (χ1v) is 18.4. The van der Waals surface area contributed by atoms with E-state index in [2.05, 4.69) is 11.9 Å². The monoisotopic (exact) mass is 609 g/mol. The largest absolute Gasteiger partial charge is 0.404 e. The van der Waals surface area contributed by atoms with Crippen LogP contribution in [0.4, 0.5) is 0 Å². The fraction of sp³-hybridized carbons (Fsp3) is 0.688. The van der Waals surface area contributed by atoms with Crippen LogP contribution in [0.25, 0.3) is 0 Å². The first-order chi connectivity index (χ1) is 14.6. The summed E-state index contributed by atoms with van der Waals surface area (Å²) < 4.78 is 27.0. The molecule has 0 aliphatic rings. The van der Waals surface area contributed by atoms with Crippen molar-refractivity contribution in [2.75, 3.05) is 37.3 Å². The molecule has 0 aromatic carbocycles. The molecule has 0 saturated heterocycles. The standard InChI is InChI=1S/C9H11Cl3NO3PS.C7H17O2PS3/c1-3-14-17(18,15-4-2)16-9-7(11)5-6(10)8(12)13-9;1-4-8-10(11,9-5-2)13-7-12-6-3/h5H,3-4H2,1-2H3;4-7H2,1-3H3. The Morgan fingerprint density at radius 2 is 1.39 bits per heavy atom. The first kappa shape index (κ1) is 32.7. The fourth-order valence-corrected chi connectivity index (χ4v) is 11.3. The number of nitrogens with zero attached hydrogens (tertiary/aromatic N) is 1. The van der Waals surface area contributed by atoms with Crippen molar-refractivity contribution < 1.29 is 22.6 Å². The van der Waals surface area contributed by atoms with Crippen molar-refractivity contribution in [2.24, 2.45) is 0 Å². The van der Waals surface area contributed by atoms with Gasteiger partial charge in [-0.25, -0.2) is 0 Å². The van der Waals surface area contributed by atoms with Gasteiger partial charge < -0.3 is 13.6 Å². The topological polar surface area (TPSA) is 59.0 Å². The van der Waals surface area contributed by atoms with Crippen LogP contribution in [0.5, 0.6) is 5.88 Å². The third-order valence-corrected chi connectivity index (χ3v) is 13.1. The molecule has 15 heteroatoms. The molecule has 0 aliphatic carbocycles. The Bertz CT molecular complexity index is 731. The minimum absolute atomic E-state index is 0.0521. The number of halogens is 3. The van der Waals surface area contributed by atoms with Crippen LogP contribution in [0, 0.1) is 0 Å². The molecule has 1 heterocycles. The maximum absolute atomic E-state index is 5.94. The van der Waals surface area contributed by atoms with Crippen LogP contribution in [0.15, 0.2) is 6.07 Å². The van der Waals surface area contributed by atoms with Gasteiger partial charge in [-0.15, -0.1) is 0 Å². The number of thioether (sulfide) groups is 1. The number of hydrogen-bond acceptors (Lipinski definition) is 10. The highest BCUT2D eigenvalue weighted by atomic mass is 35.5. The summed E-state index contributed by atoms with van der Waals surface area (Å²) >= 11 is 31.5. The molecule has 1 rings (SSSR count). The van der Waals surface area contributed by atoms with Crippen LogP contribution in [0.3, 0.4) is 0 Å². The quantitative estimate of drug-likeness (QED) is 0.0887. The van der Waals surface area contributed by atoms with E-state index in [4.69, 9.17) is 81.0 Å². The zero-order valence-electron chi connectivity index (χ0n) is 18.0. The predicted octanol–water partition coefficient (Wildman–Crippen LogP) is 8.45. The van der Waals surface area contributed by atoms with Gasteiger partial charge in [-0.3, -0.25) is 9.05 Å². The van der Waals surface area contributed by atoms with Gasteiger partial charge in [0.05, 0.1) is 31.5 Å². The van der Waals surface area contributed by atoms with E-state index in [1.807, 2.05) is 25.6 Å². The van der Waals surface area contributed by atoms with Gasteiger partial charge >= 0.3 is 6.72 Å².